The second-order valence-electron chi connectivity index (χ2n) is 11.5. The first-order chi connectivity index (χ1) is 19.5. The first-order valence-corrected chi connectivity index (χ1v) is 15.2. The topological polar surface area (TPSA) is 99.0 Å². The van der Waals surface area contributed by atoms with Gasteiger partial charge in [0.15, 0.2) is 5.16 Å². The van der Waals surface area contributed by atoms with Gasteiger partial charge in [0.1, 0.15) is 22.7 Å². The van der Waals surface area contributed by atoms with Crippen molar-refractivity contribution in [1.29, 1.82) is 0 Å². The highest BCUT2D eigenvalue weighted by atomic mass is 35.5. The summed E-state index contributed by atoms with van der Waals surface area (Å²) in [5, 5.41) is 1.67. The number of thioether (sulfide) groups is 1. The van der Waals surface area contributed by atoms with Crippen molar-refractivity contribution < 1.29 is 19.0 Å². The number of carbonyl (C=O) groups excluding carboxylic acids is 1. The number of carbonyl (C=O) groups is 1. The molecule has 2 aliphatic heterocycles. The van der Waals surface area contributed by atoms with E-state index in [1.165, 1.54) is 18.9 Å². The van der Waals surface area contributed by atoms with E-state index in [1.807, 2.05) is 31.9 Å². The van der Waals surface area contributed by atoms with Gasteiger partial charge in [-0.3, -0.25) is 9.36 Å². The molecule has 0 bridgehead atoms. The van der Waals surface area contributed by atoms with Gasteiger partial charge in [0.25, 0.3) is 5.56 Å². The van der Waals surface area contributed by atoms with E-state index in [0.717, 1.165) is 18.5 Å². The van der Waals surface area contributed by atoms with Gasteiger partial charge in [-0.1, -0.05) is 23.4 Å². The Hall–Kier alpha value is -3.02. The molecular weight excluding hydrogens is 566 g/mol. The molecule has 5 rings (SSSR count). The molecule has 0 radical (unpaired) electrons. The number of likely N-dealkylation sites (tertiary alicyclic amines) is 2. The van der Waals surface area contributed by atoms with Crippen LogP contribution in [0.3, 0.4) is 0 Å². The first kappa shape index (κ1) is 29.5. The molecule has 41 heavy (non-hydrogen) atoms. The van der Waals surface area contributed by atoms with E-state index in [1.54, 1.807) is 36.1 Å². The standard InChI is InChI=1S/C29H36ClN5O5S/c1-29(2,3)40-28(37)34-15-18-13-33(14-19(18)16-34)7-8-35-25-17(12-31-27(32-25)41-6)9-22(26(35)36)21-10-20(38-4)11-23(39-5)24(21)30/h9-12,18-19H,7-8,13-16H2,1-6H3. The summed E-state index contributed by atoms with van der Waals surface area (Å²) < 4.78 is 18.2. The van der Waals surface area contributed by atoms with Gasteiger partial charge in [0, 0.05) is 68.0 Å². The Morgan fingerprint density at radius 2 is 1.76 bits per heavy atom. The quantitative estimate of drug-likeness (QED) is 0.283. The third-order valence-corrected chi connectivity index (χ3v) is 8.55. The molecule has 12 heteroatoms. The van der Waals surface area contributed by atoms with Gasteiger partial charge in [-0.15, -0.1) is 0 Å². The molecule has 2 atom stereocenters. The number of amides is 1. The fourth-order valence-corrected chi connectivity index (χ4v) is 6.29. The summed E-state index contributed by atoms with van der Waals surface area (Å²) in [6.07, 6.45) is 3.40. The van der Waals surface area contributed by atoms with E-state index < -0.39 is 5.60 Å². The number of halogens is 1. The monoisotopic (exact) mass is 601 g/mol. The Labute approximate surface area is 248 Å². The average molecular weight is 602 g/mol. The van der Waals surface area contributed by atoms with Crippen molar-refractivity contribution in [3.63, 3.8) is 0 Å². The van der Waals surface area contributed by atoms with E-state index in [-0.39, 0.29) is 11.7 Å². The van der Waals surface area contributed by atoms with Crippen LogP contribution in [-0.4, -0.2) is 89.2 Å². The lowest BCUT2D eigenvalue weighted by Gasteiger charge is -2.26. The number of pyridine rings is 1. The molecule has 2 aliphatic rings. The Balaban J connectivity index is 1.41. The van der Waals surface area contributed by atoms with Gasteiger partial charge in [0.2, 0.25) is 0 Å². The predicted molar refractivity (Wildman–Crippen MR) is 160 cm³/mol. The number of fused-ring (bicyclic) bond motifs is 2. The molecule has 2 aromatic heterocycles. The smallest absolute Gasteiger partial charge is 0.410 e. The summed E-state index contributed by atoms with van der Waals surface area (Å²) in [6.45, 7) is 9.87. The number of rotatable bonds is 7. The highest BCUT2D eigenvalue weighted by molar-refractivity contribution is 7.98. The van der Waals surface area contributed by atoms with E-state index in [9.17, 15) is 9.59 Å². The van der Waals surface area contributed by atoms with E-state index in [2.05, 4.69) is 9.88 Å². The van der Waals surface area contributed by atoms with Crippen LogP contribution in [0.2, 0.25) is 5.02 Å². The zero-order valence-electron chi connectivity index (χ0n) is 24.3. The van der Waals surface area contributed by atoms with Gasteiger partial charge in [-0.2, -0.15) is 0 Å². The first-order valence-electron chi connectivity index (χ1n) is 13.6. The summed E-state index contributed by atoms with van der Waals surface area (Å²) in [5.41, 5.74) is 0.822. The van der Waals surface area contributed by atoms with Crippen LogP contribution in [0, 0.1) is 11.8 Å². The molecule has 1 amide bonds. The molecule has 2 fully saturated rings. The molecule has 0 N–H and O–H groups in total. The highest BCUT2D eigenvalue weighted by Gasteiger charge is 2.42. The zero-order chi connectivity index (χ0) is 29.5. The number of hydrogen-bond acceptors (Lipinski definition) is 9. The Bertz CT molecular complexity index is 1510. The predicted octanol–water partition coefficient (Wildman–Crippen LogP) is 4.65. The lowest BCUT2D eigenvalue weighted by Crippen LogP contribution is -2.38. The summed E-state index contributed by atoms with van der Waals surface area (Å²) >= 11 is 8.12. The minimum absolute atomic E-state index is 0.198. The van der Waals surface area contributed by atoms with Crippen molar-refractivity contribution in [2.45, 2.75) is 38.1 Å². The van der Waals surface area contributed by atoms with Crippen LogP contribution in [0.25, 0.3) is 22.2 Å². The molecule has 2 saturated heterocycles. The molecule has 1 aromatic carbocycles. The molecule has 3 aromatic rings. The maximum absolute atomic E-state index is 14.0. The minimum atomic E-state index is -0.509. The maximum atomic E-state index is 14.0. The number of nitrogens with zero attached hydrogens (tertiary/aromatic N) is 5. The zero-order valence-corrected chi connectivity index (χ0v) is 25.8. The Morgan fingerprint density at radius 3 is 2.37 bits per heavy atom. The van der Waals surface area contributed by atoms with Crippen molar-refractivity contribution >= 4 is 40.5 Å². The summed E-state index contributed by atoms with van der Waals surface area (Å²) in [5.74, 6) is 1.72. The van der Waals surface area contributed by atoms with E-state index in [0.29, 0.717) is 76.5 Å². The highest BCUT2D eigenvalue weighted by Crippen LogP contribution is 2.39. The average Bonchev–Trinajstić information content (AvgIpc) is 3.51. The van der Waals surface area contributed by atoms with Crippen molar-refractivity contribution in [2.24, 2.45) is 11.8 Å². The summed E-state index contributed by atoms with van der Waals surface area (Å²) in [4.78, 5) is 39.9. The van der Waals surface area contributed by atoms with Crippen LogP contribution in [0.5, 0.6) is 11.5 Å². The van der Waals surface area contributed by atoms with Crippen molar-refractivity contribution in [2.75, 3.05) is 53.2 Å². The van der Waals surface area contributed by atoms with E-state index in [4.69, 9.17) is 30.8 Å². The van der Waals surface area contributed by atoms with Crippen LogP contribution in [-0.2, 0) is 11.3 Å². The number of benzene rings is 1. The molecule has 220 valence electrons. The third kappa shape index (κ3) is 6.12. The third-order valence-electron chi connectivity index (χ3n) is 7.60. The van der Waals surface area contributed by atoms with Crippen LogP contribution in [0.4, 0.5) is 4.79 Å². The fraction of sp³-hybridized carbons (Fsp3) is 0.517. The number of ether oxygens (including phenoxy) is 3. The Kier molecular flexibility index (Phi) is 8.41. The lowest BCUT2D eigenvalue weighted by atomic mass is 10.0. The van der Waals surface area contributed by atoms with Gasteiger partial charge in [-0.05, 0) is 51.0 Å². The molecule has 2 unspecified atom stereocenters. The second-order valence-corrected chi connectivity index (χ2v) is 12.7. The maximum Gasteiger partial charge on any atom is 0.410 e. The van der Waals surface area contributed by atoms with Crippen LogP contribution in [0.1, 0.15) is 20.8 Å². The molecule has 0 saturated carbocycles. The van der Waals surface area contributed by atoms with Crippen molar-refractivity contribution in [3.8, 4) is 22.6 Å². The van der Waals surface area contributed by atoms with Crippen LogP contribution in [0.15, 0.2) is 34.3 Å². The summed E-state index contributed by atoms with van der Waals surface area (Å²) in [6, 6.07) is 5.21. The number of aromatic nitrogens is 3. The second kappa shape index (κ2) is 11.7. The largest absolute Gasteiger partial charge is 0.497 e. The minimum Gasteiger partial charge on any atom is -0.497 e. The van der Waals surface area contributed by atoms with Crippen molar-refractivity contribution in [1.82, 2.24) is 24.3 Å². The molecule has 4 heterocycles. The lowest BCUT2D eigenvalue weighted by molar-refractivity contribution is 0.0274. The normalized spacial score (nSPS) is 19.0. The number of methoxy groups -OCH3 is 2. The van der Waals surface area contributed by atoms with Crippen LogP contribution < -0.4 is 15.0 Å². The number of hydrogen-bond donors (Lipinski definition) is 0. The van der Waals surface area contributed by atoms with Crippen LogP contribution >= 0.6 is 23.4 Å². The molecule has 10 nitrogen and oxygen atoms in total. The van der Waals surface area contributed by atoms with Gasteiger partial charge >= 0.3 is 6.09 Å². The molecule has 0 aliphatic carbocycles. The molecular formula is C29H36ClN5O5S. The summed E-state index contributed by atoms with van der Waals surface area (Å²) in [7, 11) is 3.08. The Morgan fingerprint density at radius 1 is 1.05 bits per heavy atom. The SMILES string of the molecule is COc1cc(OC)c(Cl)c(-c2cc3cnc(SC)nc3n(CCN3CC4CN(C(=O)OC(C)(C)C)CC4C3)c2=O)c1. The van der Waals surface area contributed by atoms with Crippen molar-refractivity contribution in [3.05, 3.63) is 39.8 Å². The fourth-order valence-electron chi connectivity index (χ4n) is 5.67. The van der Waals surface area contributed by atoms with E-state index >= 15 is 0 Å². The molecule has 0 spiro atoms. The van der Waals surface area contributed by atoms with Gasteiger partial charge < -0.3 is 24.0 Å². The van der Waals surface area contributed by atoms with Gasteiger partial charge in [0.05, 0.1) is 19.2 Å². The van der Waals surface area contributed by atoms with Gasteiger partial charge in [-0.25, -0.2) is 14.8 Å².